The number of hydrogen-bond acceptors (Lipinski definition) is 7. The maximum Gasteiger partial charge on any atom is 0.303 e. The van der Waals surface area contributed by atoms with Crippen molar-refractivity contribution in [2.24, 2.45) is 0 Å². The lowest BCUT2D eigenvalue weighted by atomic mass is 10.1. The molecule has 9 nitrogen and oxygen atoms in total. The normalized spacial score (nSPS) is 13.4. The van der Waals surface area contributed by atoms with Gasteiger partial charge in [-0.05, 0) is 35.9 Å². The first-order chi connectivity index (χ1) is 16.9. The van der Waals surface area contributed by atoms with Gasteiger partial charge in [0, 0.05) is 42.6 Å². The third-order valence-electron chi connectivity index (χ3n) is 5.30. The van der Waals surface area contributed by atoms with Crippen LogP contribution in [0.4, 0.5) is 27.5 Å². The Kier molecular flexibility index (Phi) is 7.74. The molecule has 3 aromatic rings. The van der Waals surface area contributed by atoms with Crippen molar-refractivity contribution < 1.29 is 23.8 Å². The fourth-order valence-electron chi connectivity index (χ4n) is 3.53. The van der Waals surface area contributed by atoms with Gasteiger partial charge in [0.1, 0.15) is 11.6 Å². The van der Waals surface area contributed by atoms with E-state index in [2.05, 4.69) is 20.5 Å². The Hall–Kier alpha value is -3.76. The molecule has 182 valence electrons. The summed E-state index contributed by atoms with van der Waals surface area (Å²) in [7, 11) is 0. The molecule has 1 amide bonds. The van der Waals surface area contributed by atoms with E-state index in [1.165, 1.54) is 12.1 Å². The van der Waals surface area contributed by atoms with Gasteiger partial charge in [0.05, 0.1) is 24.7 Å². The van der Waals surface area contributed by atoms with Crippen molar-refractivity contribution in [1.29, 1.82) is 0 Å². The van der Waals surface area contributed by atoms with Crippen LogP contribution in [0.5, 0.6) is 0 Å². The summed E-state index contributed by atoms with van der Waals surface area (Å²) in [4.78, 5) is 33.8. The predicted molar refractivity (Wildman–Crippen MR) is 131 cm³/mol. The molecule has 0 saturated carbocycles. The molecular weight excluding hydrogens is 477 g/mol. The molecule has 35 heavy (non-hydrogen) atoms. The highest BCUT2D eigenvalue weighted by atomic mass is 35.5. The number of benzene rings is 2. The summed E-state index contributed by atoms with van der Waals surface area (Å²) >= 11 is 5.88. The number of carboxylic acids is 1. The van der Waals surface area contributed by atoms with Gasteiger partial charge < -0.3 is 25.4 Å². The Morgan fingerprint density at radius 1 is 1.09 bits per heavy atom. The topological polar surface area (TPSA) is 117 Å². The van der Waals surface area contributed by atoms with Crippen LogP contribution in [0.25, 0.3) is 11.1 Å². The van der Waals surface area contributed by atoms with E-state index in [4.69, 9.17) is 26.4 Å². The molecule has 0 spiro atoms. The molecule has 2 aromatic carbocycles. The zero-order valence-corrected chi connectivity index (χ0v) is 19.4. The Balaban J connectivity index is 1.57. The average Bonchev–Trinajstić information content (AvgIpc) is 2.86. The number of rotatable bonds is 8. The van der Waals surface area contributed by atoms with E-state index in [0.29, 0.717) is 49.4 Å². The first-order valence-corrected chi connectivity index (χ1v) is 11.3. The number of hydrogen-bond donors (Lipinski definition) is 3. The highest BCUT2D eigenvalue weighted by molar-refractivity contribution is 6.31. The Morgan fingerprint density at radius 3 is 2.49 bits per heavy atom. The van der Waals surface area contributed by atoms with Crippen LogP contribution in [0.15, 0.2) is 48.7 Å². The summed E-state index contributed by atoms with van der Waals surface area (Å²) in [5.74, 6) is -0.859. The lowest BCUT2D eigenvalue weighted by Gasteiger charge is -2.29. The molecule has 2 heterocycles. The van der Waals surface area contributed by atoms with Gasteiger partial charge in [-0.15, -0.1) is 0 Å². The van der Waals surface area contributed by atoms with Crippen molar-refractivity contribution in [3.05, 3.63) is 59.5 Å². The fraction of sp³-hybridized carbons (Fsp3) is 0.250. The summed E-state index contributed by atoms with van der Waals surface area (Å²) in [6.45, 7) is 2.45. The first-order valence-electron chi connectivity index (χ1n) is 10.9. The zero-order valence-electron chi connectivity index (χ0n) is 18.6. The van der Waals surface area contributed by atoms with E-state index in [0.717, 1.165) is 11.1 Å². The lowest BCUT2D eigenvalue weighted by Crippen LogP contribution is -2.37. The molecule has 1 fully saturated rings. The van der Waals surface area contributed by atoms with Crippen molar-refractivity contribution in [2.75, 3.05) is 41.8 Å². The third kappa shape index (κ3) is 6.43. The summed E-state index contributed by atoms with van der Waals surface area (Å²) in [6.07, 6.45) is 1.38. The molecule has 4 rings (SSSR count). The quantitative estimate of drug-likeness (QED) is 0.419. The Labute approximate surface area is 205 Å². The molecule has 1 saturated heterocycles. The van der Waals surface area contributed by atoms with Gasteiger partial charge in [-0.1, -0.05) is 23.7 Å². The number of anilines is 4. The van der Waals surface area contributed by atoms with Crippen molar-refractivity contribution in [3.63, 3.8) is 0 Å². The molecule has 0 atom stereocenters. The van der Waals surface area contributed by atoms with Crippen LogP contribution >= 0.6 is 11.6 Å². The SMILES string of the molecule is O=C(O)CCC(=O)Nc1ccc(-c2cnc(Nc3ccc(F)c(Cl)c3)nc2N2CCOCC2)cc1. The minimum atomic E-state index is -1.02. The highest BCUT2D eigenvalue weighted by Crippen LogP contribution is 2.32. The van der Waals surface area contributed by atoms with Crippen LogP contribution in [-0.2, 0) is 14.3 Å². The van der Waals surface area contributed by atoms with Crippen molar-refractivity contribution in [1.82, 2.24) is 9.97 Å². The van der Waals surface area contributed by atoms with E-state index in [1.54, 1.807) is 24.4 Å². The molecule has 1 aliphatic heterocycles. The van der Waals surface area contributed by atoms with Gasteiger partial charge in [0.2, 0.25) is 11.9 Å². The zero-order chi connectivity index (χ0) is 24.8. The number of carboxylic acid groups (broad SMARTS) is 1. The number of nitrogens with one attached hydrogen (secondary N) is 2. The standard InChI is InChI=1S/C24H23ClFN5O4/c25-19-13-17(5-6-20(19)26)29-24-27-14-18(23(30-24)31-9-11-35-12-10-31)15-1-3-16(4-2-15)28-21(32)7-8-22(33)34/h1-6,13-14H,7-12H2,(H,28,32)(H,33,34)(H,27,29,30). The Morgan fingerprint density at radius 2 is 1.80 bits per heavy atom. The number of nitrogens with zero attached hydrogens (tertiary/aromatic N) is 3. The second-order valence-corrected chi connectivity index (χ2v) is 8.21. The summed E-state index contributed by atoms with van der Waals surface area (Å²) in [6, 6.07) is 11.4. The van der Waals surface area contributed by atoms with Crippen molar-refractivity contribution in [3.8, 4) is 11.1 Å². The van der Waals surface area contributed by atoms with Gasteiger partial charge in [-0.25, -0.2) is 9.37 Å². The molecule has 0 radical (unpaired) electrons. The predicted octanol–water partition coefficient (Wildman–Crippen LogP) is 4.32. The summed E-state index contributed by atoms with van der Waals surface area (Å²) in [5.41, 5.74) is 2.74. The van der Waals surface area contributed by atoms with E-state index >= 15 is 0 Å². The Bertz CT molecular complexity index is 1220. The van der Waals surface area contributed by atoms with Gasteiger partial charge in [0.25, 0.3) is 0 Å². The van der Waals surface area contributed by atoms with E-state index in [-0.39, 0.29) is 23.8 Å². The molecule has 1 aliphatic rings. The maximum atomic E-state index is 13.5. The van der Waals surface area contributed by atoms with E-state index in [1.807, 2.05) is 12.1 Å². The molecule has 11 heteroatoms. The number of amides is 1. The minimum Gasteiger partial charge on any atom is -0.481 e. The maximum absolute atomic E-state index is 13.5. The molecule has 0 bridgehead atoms. The van der Waals surface area contributed by atoms with Crippen LogP contribution in [0, 0.1) is 5.82 Å². The van der Waals surface area contributed by atoms with Crippen LogP contribution in [0.3, 0.4) is 0 Å². The number of halogens is 2. The fourth-order valence-corrected chi connectivity index (χ4v) is 3.71. The van der Waals surface area contributed by atoms with Crippen LogP contribution in [-0.4, -0.2) is 53.3 Å². The van der Waals surface area contributed by atoms with Gasteiger partial charge >= 0.3 is 5.97 Å². The van der Waals surface area contributed by atoms with Gasteiger partial charge in [-0.2, -0.15) is 4.98 Å². The monoisotopic (exact) mass is 499 g/mol. The second kappa shape index (κ2) is 11.1. The number of ether oxygens (including phenoxy) is 1. The van der Waals surface area contributed by atoms with Crippen molar-refractivity contribution in [2.45, 2.75) is 12.8 Å². The number of aliphatic carboxylic acids is 1. The number of aromatic nitrogens is 2. The number of morpholine rings is 1. The van der Waals surface area contributed by atoms with Crippen LogP contribution in [0.1, 0.15) is 12.8 Å². The molecular formula is C24H23ClFN5O4. The number of carbonyl (C=O) groups excluding carboxylic acids is 1. The lowest BCUT2D eigenvalue weighted by molar-refractivity contribution is -0.138. The van der Waals surface area contributed by atoms with Gasteiger partial charge in [0.15, 0.2) is 0 Å². The van der Waals surface area contributed by atoms with E-state index < -0.39 is 11.8 Å². The summed E-state index contributed by atoms with van der Waals surface area (Å²) < 4.78 is 19.0. The average molecular weight is 500 g/mol. The third-order valence-corrected chi connectivity index (χ3v) is 5.59. The van der Waals surface area contributed by atoms with Crippen LogP contribution in [0.2, 0.25) is 5.02 Å². The van der Waals surface area contributed by atoms with Gasteiger partial charge in [-0.3, -0.25) is 9.59 Å². The van der Waals surface area contributed by atoms with Crippen molar-refractivity contribution >= 4 is 46.6 Å². The highest BCUT2D eigenvalue weighted by Gasteiger charge is 2.19. The molecule has 3 N–H and O–H groups in total. The van der Waals surface area contributed by atoms with E-state index in [9.17, 15) is 14.0 Å². The largest absolute Gasteiger partial charge is 0.481 e. The molecule has 0 aliphatic carbocycles. The smallest absolute Gasteiger partial charge is 0.303 e. The molecule has 1 aromatic heterocycles. The van der Waals surface area contributed by atoms with Crippen LogP contribution < -0.4 is 15.5 Å². The summed E-state index contributed by atoms with van der Waals surface area (Å²) in [5, 5.41) is 14.5. The number of carbonyl (C=O) groups is 2. The second-order valence-electron chi connectivity index (χ2n) is 7.80. The molecule has 0 unspecified atom stereocenters. The minimum absolute atomic E-state index is 0.00448. The first kappa shape index (κ1) is 24.4.